The van der Waals surface area contributed by atoms with Gasteiger partial charge in [-0.2, -0.15) is 0 Å². The van der Waals surface area contributed by atoms with Crippen molar-refractivity contribution < 1.29 is 18.7 Å². The van der Waals surface area contributed by atoms with E-state index >= 15 is 0 Å². The number of carboxylic acids is 1. The molecule has 0 atom stereocenters. The first kappa shape index (κ1) is 11.6. The minimum atomic E-state index is -2.96. The lowest BCUT2D eigenvalue weighted by Gasteiger charge is -2.04. The third kappa shape index (κ3) is 2.76. The Labute approximate surface area is 87.5 Å². The van der Waals surface area contributed by atoms with E-state index in [4.69, 9.17) is 16.7 Å². The van der Waals surface area contributed by atoms with Crippen LogP contribution in [0.5, 0.6) is 0 Å². The van der Waals surface area contributed by atoms with Crippen LogP contribution >= 0.6 is 11.6 Å². The zero-order valence-electron chi connectivity index (χ0n) is 7.26. The summed E-state index contributed by atoms with van der Waals surface area (Å²) in [4.78, 5) is 23.3. The lowest BCUT2D eigenvalue weighted by Crippen LogP contribution is -2.15. The molecule has 0 aromatic carbocycles. The number of H-pyrrole nitrogens is 1. The van der Waals surface area contributed by atoms with E-state index in [1.165, 1.54) is 0 Å². The molecule has 1 aromatic rings. The van der Waals surface area contributed by atoms with Gasteiger partial charge < -0.3 is 10.1 Å². The average Bonchev–Trinajstić information content (AvgIpc) is 2.08. The van der Waals surface area contributed by atoms with Crippen LogP contribution in [0, 0.1) is 0 Å². The topological polar surface area (TPSA) is 70.2 Å². The van der Waals surface area contributed by atoms with Crippen molar-refractivity contribution in [1.82, 2.24) is 4.98 Å². The Bertz CT molecular complexity index is 444. The number of carbonyl (C=O) groups is 1. The van der Waals surface area contributed by atoms with Gasteiger partial charge >= 0.3 is 5.97 Å². The number of alkyl halides is 2. The summed E-state index contributed by atoms with van der Waals surface area (Å²) in [6.07, 6.45) is -3.48. The second-order valence-corrected chi connectivity index (χ2v) is 3.14. The predicted molar refractivity (Wildman–Crippen MR) is 48.4 cm³/mol. The van der Waals surface area contributed by atoms with Crippen LogP contribution in [0.1, 0.15) is 17.6 Å². The number of carboxylic acid groups (broad SMARTS) is 1. The number of nitrogens with one attached hydrogen (secondary N) is 1. The van der Waals surface area contributed by atoms with Crippen LogP contribution < -0.4 is 5.56 Å². The number of hydrogen-bond donors (Lipinski definition) is 2. The number of aromatic amines is 1. The SMILES string of the molecule is O=C(O)Cc1cc(C(F)F)c(=O)[nH]c1Cl. The van der Waals surface area contributed by atoms with Crippen molar-refractivity contribution in [2.75, 3.05) is 0 Å². The lowest BCUT2D eigenvalue weighted by molar-refractivity contribution is -0.136. The van der Waals surface area contributed by atoms with Gasteiger partial charge in [0.1, 0.15) is 5.15 Å². The van der Waals surface area contributed by atoms with Crippen LogP contribution in [0.3, 0.4) is 0 Å². The number of halogens is 3. The highest BCUT2D eigenvalue weighted by Gasteiger charge is 2.16. The predicted octanol–water partition coefficient (Wildman–Crippen LogP) is 1.59. The minimum absolute atomic E-state index is 0.0425. The quantitative estimate of drug-likeness (QED) is 0.785. The molecule has 0 radical (unpaired) electrons. The molecular formula is C8H6ClF2NO3. The molecule has 0 spiro atoms. The molecule has 1 rings (SSSR count). The van der Waals surface area contributed by atoms with Crippen molar-refractivity contribution in [3.05, 3.63) is 32.7 Å². The third-order valence-corrected chi connectivity index (χ3v) is 2.01. The first-order valence-corrected chi connectivity index (χ1v) is 4.21. The zero-order chi connectivity index (χ0) is 11.6. The normalized spacial score (nSPS) is 10.7. The van der Waals surface area contributed by atoms with Gasteiger partial charge in [0.25, 0.3) is 12.0 Å². The van der Waals surface area contributed by atoms with E-state index in [1.807, 2.05) is 4.98 Å². The number of hydrogen-bond acceptors (Lipinski definition) is 2. The second kappa shape index (κ2) is 4.39. The number of pyridine rings is 1. The van der Waals surface area contributed by atoms with Gasteiger partial charge in [-0.15, -0.1) is 0 Å². The van der Waals surface area contributed by atoms with E-state index in [1.54, 1.807) is 0 Å². The molecule has 0 amide bonds. The first-order chi connectivity index (χ1) is 6.91. The summed E-state index contributed by atoms with van der Waals surface area (Å²) in [6, 6.07) is 0.806. The molecule has 0 aliphatic carbocycles. The van der Waals surface area contributed by atoms with Crippen molar-refractivity contribution in [2.45, 2.75) is 12.8 Å². The molecule has 0 bridgehead atoms. The Kier molecular flexibility index (Phi) is 3.41. The van der Waals surface area contributed by atoms with Gasteiger partial charge in [0, 0.05) is 0 Å². The molecule has 7 heteroatoms. The monoisotopic (exact) mass is 237 g/mol. The van der Waals surface area contributed by atoms with Crippen LogP contribution in [0.25, 0.3) is 0 Å². The molecule has 2 N–H and O–H groups in total. The molecule has 0 fully saturated rings. The highest BCUT2D eigenvalue weighted by molar-refractivity contribution is 6.30. The summed E-state index contributed by atoms with van der Waals surface area (Å²) in [5.41, 5.74) is -1.83. The molecule has 1 heterocycles. The summed E-state index contributed by atoms with van der Waals surface area (Å²) < 4.78 is 24.5. The first-order valence-electron chi connectivity index (χ1n) is 3.83. The fourth-order valence-electron chi connectivity index (χ4n) is 1.02. The van der Waals surface area contributed by atoms with Gasteiger partial charge in [0.2, 0.25) is 0 Å². The van der Waals surface area contributed by atoms with Crippen molar-refractivity contribution in [3.8, 4) is 0 Å². The van der Waals surface area contributed by atoms with Gasteiger partial charge in [-0.05, 0) is 11.6 Å². The molecule has 82 valence electrons. The van der Waals surface area contributed by atoms with Crippen LogP contribution in [-0.2, 0) is 11.2 Å². The maximum atomic E-state index is 12.3. The molecule has 15 heavy (non-hydrogen) atoms. The zero-order valence-corrected chi connectivity index (χ0v) is 8.02. The van der Waals surface area contributed by atoms with E-state index < -0.39 is 29.9 Å². The van der Waals surface area contributed by atoms with Crippen molar-refractivity contribution >= 4 is 17.6 Å². The standard InChI is InChI=1S/C8H6ClF2NO3/c9-6-3(2-5(13)14)1-4(7(10)11)8(15)12-6/h1,7H,2H2,(H,12,15)(H,13,14). The van der Waals surface area contributed by atoms with E-state index in [-0.39, 0.29) is 10.7 Å². The summed E-state index contributed by atoms with van der Waals surface area (Å²) >= 11 is 5.49. The largest absolute Gasteiger partial charge is 0.481 e. The van der Waals surface area contributed by atoms with Gasteiger partial charge in [-0.1, -0.05) is 11.6 Å². The smallest absolute Gasteiger partial charge is 0.307 e. The summed E-state index contributed by atoms with van der Waals surface area (Å²) in [7, 11) is 0. The Morgan fingerprint density at radius 2 is 2.20 bits per heavy atom. The second-order valence-electron chi connectivity index (χ2n) is 2.76. The third-order valence-electron chi connectivity index (χ3n) is 1.67. The maximum absolute atomic E-state index is 12.3. The lowest BCUT2D eigenvalue weighted by atomic mass is 10.1. The Morgan fingerprint density at radius 1 is 1.60 bits per heavy atom. The average molecular weight is 238 g/mol. The van der Waals surface area contributed by atoms with Gasteiger partial charge in [0.15, 0.2) is 0 Å². The van der Waals surface area contributed by atoms with Crippen molar-refractivity contribution in [1.29, 1.82) is 0 Å². The number of aromatic nitrogens is 1. The molecule has 0 saturated heterocycles. The van der Waals surface area contributed by atoms with Crippen LogP contribution in [0.4, 0.5) is 8.78 Å². The molecule has 0 unspecified atom stereocenters. The van der Waals surface area contributed by atoms with Crippen LogP contribution in [0.15, 0.2) is 10.9 Å². The Morgan fingerprint density at radius 3 is 2.67 bits per heavy atom. The maximum Gasteiger partial charge on any atom is 0.307 e. The van der Waals surface area contributed by atoms with Crippen LogP contribution in [-0.4, -0.2) is 16.1 Å². The van der Waals surface area contributed by atoms with Crippen molar-refractivity contribution in [2.24, 2.45) is 0 Å². The number of aliphatic carboxylic acids is 1. The molecule has 0 aliphatic heterocycles. The van der Waals surface area contributed by atoms with E-state index in [9.17, 15) is 18.4 Å². The molecular weight excluding hydrogens is 232 g/mol. The van der Waals surface area contributed by atoms with E-state index in [2.05, 4.69) is 0 Å². The molecule has 0 saturated carbocycles. The Hall–Kier alpha value is -1.43. The molecule has 4 nitrogen and oxygen atoms in total. The minimum Gasteiger partial charge on any atom is -0.481 e. The van der Waals surface area contributed by atoms with E-state index in [0.29, 0.717) is 0 Å². The Balaban J connectivity index is 3.23. The molecule has 0 aliphatic rings. The van der Waals surface area contributed by atoms with Crippen LogP contribution in [0.2, 0.25) is 5.15 Å². The van der Waals surface area contributed by atoms with Crippen molar-refractivity contribution in [3.63, 3.8) is 0 Å². The fraction of sp³-hybridized carbons (Fsp3) is 0.250. The summed E-state index contributed by atoms with van der Waals surface area (Å²) in [5, 5.41) is 8.22. The number of rotatable bonds is 3. The van der Waals surface area contributed by atoms with Gasteiger partial charge in [-0.25, -0.2) is 8.78 Å². The van der Waals surface area contributed by atoms with Gasteiger partial charge in [0.05, 0.1) is 12.0 Å². The fourth-order valence-corrected chi connectivity index (χ4v) is 1.23. The van der Waals surface area contributed by atoms with E-state index in [0.717, 1.165) is 6.07 Å². The summed E-state index contributed by atoms with van der Waals surface area (Å²) in [5.74, 6) is -1.22. The van der Waals surface area contributed by atoms with Gasteiger partial charge in [-0.3, -0.25) is 9.59 Å². The molecule has 1 aromatic heterocycles. The summed E-state index contributed by atoms with van der Waals surface area (Å²) in [6.45, 7) is 0. The highest BCUT2D eigenvalue weighted by Crippen LogP contribution is 2.19. The highest BCUT2D eigenvalue weighted by atomic mass is 35.5.